The lowest BCUT2D eigenvalue weighted by molar-refractivity contribution is 0.290. The Balaban J connectivity index is 2.38. The van der Waals surface area contributed by atoms with Crippen LogP contribution in [0.5, 0.6) is 0 Å². The molecule has 0 saturated carbocycles. The van der Waals surface area contributed by atoms with E-state index in [-0.39, 0.29) is 0 Å². The van der Waals surface area contributed by atoms with Crippen LogP contribution >= 0.6 is 0 Å². The first-order chi connectivity index (χ1) is 4.24. The van der Waals surface area contributed by atoms with Gasteiger partial charge in [0.05, 0.1) is 0 Å². The van der Waals surface area contributed by atoms with Gasteiger partial charge in [0.15, 0.2) is 0 Å². The Labute approximate surface area is 55.8 Å². The Morgan fingerprint density at radius 3 is 2.56 bits per heavy atom. The largest absolute Gasteiger partial charge is 0.300 e. The highest BCUT2D eigenvalue weighted by Crippen LogP contribution is 2.19. The van der Waals surface area contributed by atoms with E-state index in [2.05, 4.69) is 11.8 Å². The molecule has 1 aliphatic rings. The van der Waals surface area contributed by atoms with Crippen molar-refractivity contribution in [3.05, 3.63) is 0 Å². The normalized spacial score (nSPS) is 37.7. The molecular formula is C7H14FN. The summed E-state index contributed by atoms with van der Waals surface area (Å²) in [7, 11) is 1.99. The minimum Gasteiger partial charge on any atom is -0.300 e. The second-order valence-electron chi connectivity index (χ2n) is 2.83. The molecule has 0 N–H and O–H groups in total. The topological polar surface area (TPSA) is 3.24 Å². The number of halogens is 1. The SMILES string of the molecule is CC[C@@H]1CC(F)CN1C. The van der Waals surface area contributed by atoms with Crippen LogP contribution in [-0.2, 0) is 0 Å². The van der Waals surface area contributed by atoms with Gasteiger partial charge in [0, 0.05) is 12.6 Å². The first-order valence-corrected chi connectivity index (χ1v) is 3.58. The van der Waals surface area contributed by atoms with E-state index >= 15 is 0 Å². The first kappa shape index (κ1) is 7.00. The average molecular weight is 131 g/mol. The third kappa shape index (κ3) is 1.42. The fourth-order valence-corrected chi connectivity index (χ4v) is 1.49. The van der Waals surface area contributed by atoms with Gasteiger partial charge in [0.1, 0.15) is 6.17 Å². The van der Waals surface area contributed by atoms with Gasteiger partial charge in [-0.3, -0.25) is 0 Å². The van der Waals surface area contributed by atoms with Crippen LogP contribution in [0.15, 0.2) is 0 Å². The van der Waals surface area contributed by atoms with Crippen molar-refractivity contribution in [1.29, 1.82) is 0 Å². The van der Waals surface area contributed by atoms with E-state index in [1.807, 2.05) is 7.05 Å². The second-order valence-corrected chi connectivity index (χ2v) is 2.83. The van der Waals surface area contributed by atoms with Gasteiger partial charge < -0.3 is 4.90 Å². The number of alkyl halides is 1. The van der Waals surface area contributed by atoms with Gasteiger partial charge in [-0.15, -0.1) is 0 Å². The van der Waals surface area contributed by atoms with Crippen LogP contribution in [0.1, 0.15) is 19.8 Å². The average Bonchev–Trinajstić information content (AvgIpc) is 2.10. The summed E-state index contributed by atoms with van der Waals surface area (Å²) in [5, 5.41) is 0. The molecule has 54 valence electrons. The van der Waals surface area contributed by atoms with Crippen molar-refractivity contribution in [3.63, 3.8) is 0 Å². The molecule has 0 aliphatic carbocycles. The summed E-state index contributed by atoms with van der Waals surface area (Å²) < 4.78 is 12.6. The molecular weight excluding hydrogens is 117 g/mol. The zero-order chi connectivity index (χ0) is 6.85. The fraction of sp³-hybridized carbons (Fsp3) is 1.00. The highest BCUT2D eigenvalue weighted by molar-refractivity contribution is 4.81. The number of hydrogen-bond donors (Lipinski definition) is 0. The van der Waals surface area contributed by atoms with E-state index in [1.165, 1.54) is 0 Å². The molecule has 9 heavy (non-hydrogen) atoms. The van der Waals surface area contributed by atoms with Gasteiger partial charge >= 0.3 is 0 Å². The minimum absolute atomic E-state index is 0.500. The summed E-state index contributed by atoms with van der Waals surface area (Å²) in [6.45, 7) is 2.75. The van der Waals surface area contributed by atoms with Crippen LogP contribution in [0.4, 0.5) is 4.39 Å². The Morgan fingerprint density at radius 1 is 1.67 bits per heavy atom. The molecule has 1 heterocycles. The van der Waals surface area contributed by atoms with Gasteiger partial charge in [-0.1, -0.05) is 6.92 Å². The lowest BCUT2D eigenvalue weighted by Crippen LogP contribution is -2.23. The number of likely N-dealkylation sites (tertiary alicyclic amines) is 1. The number of nitrogens with zero attached hydrogens (tertiary/aromatic N) is 1. The second kappa shape index (κ2) is 2.65. The predicted octanol–water partition coefficient (Wildman–Crippen LogP) is 1.44. The molecule has 1 aliphatic heterocycles. The first-order valence-electron chi connectivity index (χ1n) is 3.58. The maximum atomic E-state index is 12.6. The van der Waals surface area contributed by atoms with Crippen molar-refractivity contribution >= 4 is 0 Å². The van der Waals surface area contributed by atoms with E-state index < -0.39 is 6.17 Å². The van der Waals surface area contributed by atoms with E-state index in [1.54, 1.807) is 0 Å². The predicted molar refractivity (Wildman–Crippen MR) is 36.2 cm³/mol. The van der Waals surface area contributed by atoms with Crippen LogP contribution in [0.2, 0.25) is 0 Å². The highest BCUT2D eigenvalue weighted by atomic mass is 19.1. The highest BCUT2D eigenvalue weighted by Gasteiger charge is 2.27. The summed E-state index contributed by atoms with van der Waals surface area (Å²) in [5.41, 5.74) is 0. The zero-order valence-corrected chi connectivity index (χ0v) is 6.10. The smallest absolute Gasteiger partial charge is 0.114 e. The summed E-state index contributed by atoms with van der Waals surface area (Å²) >= 11 is 0. The molecule has 1 nitrogen and oxygen atoms in total. The van der Waals surface area contributed by atoms with Crippen molar-refractivity contribution in [1.82, 2.24) is 4.90 Å². The third-order valence-corrected chi connectivity index (χ3v) is 2.11. The third-order valence-electron chi connectivity index (χ3n) is 2.11. The quantitative estimate of drug-likeness (QED) is 0.520. The molecule has 2 atom stereocenters. The van der Waals surface area contributed by atoms with Gasteiger partial charge in [0.2, 0.25) is 0 Å². The molecule has 0 aromatic rings. The zero-order valence-electron chi connectivity index (χ0n) is 6.10. The van der Waals surface area contributed by atoms with Crippen molar-refractivity contribution in [3.8, 4) is 0 Å². The van der Waals surface area contributed by atoms with E-state index in [4.69, 9.17) is 0 Å². The van der Waals surface area contributed by atoms with Crippen molar-refractivity contribution in [2.75, 3.05) is 13.6 Å². The summed E-state index contributed by atoms with van der Waals surface area (Å²) in [6, 6.07) is 0.500. The van der Waals surface area contributed by atoms with Crippen molar-refractivity contribution in [2.45, 2.75) is 32.0 Å². The minimum atomic E-state index is -0.569. The maximum Gasteiger partial charge on any atom is 0.114 e. The molecule has 0 aromatic heterocycles. The number of hydrogen-bond acceptors (Lipinski definition) is 1. The maximum absolute atomic E-state index is 12.6. The lowest BCUT2D eigenvalue weighted by Gasteiger charge is -2.15. The molecule has 0 bridgehead atoms. The van der Waals surface area contributed by atoms with E-state index in [0.717, 1.165) is 12.8 Å². The Hall–Kier alpha value is -0.110. The van der Waals surface area contributed by atoms with Crippen LogP contribution in [0.25, 0.3) is 0 Å². The lowest BCUT2D eigenvalue weighted by atomic mass is 10.2. The van der Waals surface area contributed by atoms with Crippen molar-refractivity contribution in [2.24, 2.45) is 0 Å². The Morgan fingerprint density at radius 2 is 2.33 bits per heavy atom. The van der Waals surface area contributed by atoms with Gasteiger partial charge in [-0.05, 0) is 19.9 Å². The summed E-state index contributed by atoms with van der Waals surface area (Å²) in [6.07, 6.45) is 1.25. The van der Waals surface area contributed by atoms with E-state index in [9.17, 15) is 4.39 Å². The van der Waals surface area contributed by atoms with E-state index in [0.29, 0.717) is 12.6 Å². The van der Waals surface area contributed by atoms with Gasteiger partial charge in [-0.2, -0.15) is 0 Å². The Kier molecular flexibility index (Phi) is 2.06. The molecule has 1 unspecified atom stereocenters. The molecule has 1 rings (SSSR count). The molecule has 0 spiro atoms. The fourth-order valence-electron chi connectivity index (χ4n) is 1.49. The van der Waals surface area contributed by atoms with Crippen LogP contribution < -0.4 is 0 Å². The van der Waals surface area contributed by atoms with Gasteiger partial charge in [0.25, 0.3) is 0 Å². The molecule has 0 amide bonds. The standard InChI is InChI=1S/C7H14FN/c1-3-7-4-6(8)5-9(7)2/h6-7H,3-5H2,1-2H3/t6?,7-/m1/s1. The number of rotatable bonds is 1. The van der Waals surface area contributed by atoms with Crippen LogP contribution in [-0.4, -0.2) is 30.7 Å². The molecule has 1 fully saturated rings. The van der Waals surface area contributed by atoms with Crippen LogP contribution in [0.3, 0.4) is 0 Å². The molecule has 2 heteroatoms. The summed E-state index contributed by atoms with van der Waals surface area (Å²) in [5.74, 6) is 0. The monoisotopic (exact) mass is 131 g/mol. The molecule has 1 saturated heterocycles. The molecule has 0 radical (unpaired) electrons. The Bertz CT molecular complexity index is 94.9. The molecule has 0 aromatic carbocycles. The van der Waals surface area contributed by atoms with Gasteiger partial charge in [-0.25, -0.2) is 4.39 Å². The summed E-state index contributed by atoms with van der Waals surface area (Å²) in [4.78, 5) is 2.10. The van der Waals surface area contributed by atoms with Crippen molar-refractivity contribution < 1.29 is 4.39 Å². The van der Waals surface area contributed by atoms with Crippen LogP contribution in [0, 0.1) is 0 Å².